The molecule has 0 bridgehead atoms. The Morgan fingerprint density at radius 3 is 2.89 bits per heavy atom. The monoisotopic (exact) mass is 287 g/mol. The van der Waals surface area contributed by atoms with Crippen LogP contribution in [0, 0.1) is 0 Å². The number of rotatable bonds is 6. The molecular formula is C11H21N5O2S. The minimum atomic E-state index is -3.35. The topological polar surface area (TPSA) is 94.1 Å². The van der Waals surface area contributed by atoms with E-state index in [1.54, 1.807) is 6.33 Å². The largest absolute Gasteiger partial charge is 0.299 e. The minimum absolute atomic E-state index is 0.0551. The summed E-state index contributed by atoms with van der Waals surface area (Å²) in [6.45, 7) is 2.61. The first kappa shape index (κ1) is 14.4. The summed E-state index contributed by atoms with van der Waals surface area (Å²) in [7, 11) is -3.35. The lowest BCUT2D eigenvalue weighted by Crippen LogP contribution is -2.43. The minimum Gasteiger partial charge on any atom is -0.299 e. The summed E-state index contributed by atoms with van der Waals surface area (Å²) in [6, 6.07) is 0.413. The third-order valence-electron chi connectivity index (χ3n) is 3.49. The number of aromatic nitrogens is 3. The van der Waals surface area contributed by atoms with Crippen LogP contribution in [0.2, 0.25) is 0 Å². The molecular weight excluding hydrogens is 266 g/mol. The Balaban J connectivity index is 1.85. The highest BCUT2D eigenvalue weighted by atomic mass is 32.2. The Labute approximate surface area is 113 Å². The lowest BCUT2D eigenvalue weighted by molar-refractivity contribution is 0.130. The second kappa shape index (κ2) is 6.44. The van der Waals surface area contributed by atoms with E-state index in [0.717, 1.165) is 26.1 Å². The average molecular weight is 287 g/mol. The van der Waals surface area contributed by atoms with Gasteiger partial charge in [0.2, 0.25) is 10.0 Å². The van der Waals surface area contributed by atoms with Gasteiger partial charge in [-0.3, -0.25) is 9.58 Å². The molecule has 0 amide bonds. The average Bonchev–Trinajstić information content (AvgIpc) is 2.82. The van der Waals surface area contributed by atoms with Crippen molar-refractivity contribution >= 4 is 10.0 Å². The molecule has 1 aromatic rings. The Bertz CT molecular complexity index is 473. The third kappa shape index (κ3) is 4.88. The van der Waals surface area contributed by atoms with Crippen molar-refractivity contribution in [3.8, 4) is 0 Å². The van der Waals surface area contributed by atoms with Crippen molar-refractivity contribution in [2.75, 3.05) is 18.8 Å². The molecule has 1 aromatic heterocycles. The standard InChI is InChI=1S/C11H21N5O2S/c12-19(17,18)7-3-6-15-5-2-1-4-11(15)8-16-10-13-9-14-16/h9-11H,1-8H2,(H2,12,17,18)/t11-/m0/s1. The van der Waals surface area contributed by atoms with Crippen LogP contribution < -0.4 is 5.14 Å². The second-order valence-electron chi connectivity index (χ2n) is 5.02. The zero-order valence-corrected chi connectivity index (χ0v) is 11.8. The molecule has 1 fully saturated rings. The smallest absolute Gasteiger partial charge is 0.209 e. The van der Waals surface area contributed by atoms with Gasteiger partial charge in [-0.05, 0) is 32.4 Å². The number of hydrogen-bond donors (Lipinski definition) is 1. The van der Waals surface area contributed by atoms with Crippen molar-refractivity contribution in [1.82, 2.24) is 19.7 Å². The van der Waals surface area contributed by atoms with Crippen LogP contribution in [0.25, 0.3) is 0 Å². The van der Waals surface area contributed by atoms with Crippen molar-refractivity contribution in [2.24, 2.45) is 5.14 Å². The van der Waals surface area contributed by atoms with Crippen LogP contribution in [0.15, 0.2) is 12.7 Å². The van der Waals surface area contributed by atoms with E-state index in [1.807, 2.05) is 4.68 Å². The molecule has 0 spiro atoms. The Morgan fingerprint density at radius 1 is 1.37 bits per heavy atom. The zero-order valence-electron chi connectivity index (χ0n) is 11.0. The second-order valence-corrected chi connectivity index (χ2v) is 6.76. The molecule has 0 saturated carbocycles. The summed E-state index contributed by atoms with van der Waals surface area (Å²) >= 11 is 0. The number of nitrogens with two attached hydrogens (primary N) is 1. The Hall–Kier alpha value is -0.990. The first-order valence-electron chi connectivity index (χ1n) is 6.61. The van der Waals surface area contributed by atoms with Crippen LogP contribution in [-0.2, 0) is 16.6 Å². The van der Waals surface area contributed by atoms with Gasteiger partial charge < -0.3 is 0 Å². The zero-order chi connectivity index (χ0) is 13.7. The fourth-order valence-electron chi connectivity index (χ4n) is 2.57. The molecule has 0 aromatic carbocycles. The van der Waals surface area contributed by atoms with Gasteiger partial charge in [0.1, 0.15) is 12.7 Å². The van der Waals surface area contributed by atoms with Gasteiger partial charge >= 0.3 is 0 Å². The van der Waals surface area contributed by atoms with Crippen molar-refractivity contribution < 1.29 is 8.42 Å². The third-order valence-corrected chi connectivity index (χ3v) is 4.35. The maximum atomic E-state index is 10.9. The molecule has 108 valence electrons. The normalized spacial score (nSPS) is 21.6. The van der Waals surface area contributed by atoms with Gasteiger partial charge in [0.05, 0.1) is 12.3 Å². The van der Waals surface area contributed by atoms with Crippen molar-refractivity contribution in [2.45, 2.75) is 38.3 Å². The lowest BCUT2D eigenvalue weighted by atomic mass is 10.0. The molecule has 2 heterocycles. The van der Waals surface area contributed by atoms with Crippen LogP contribution in [0.5, 0.6) is 0 Å². The van der Waals surface area contributed by atoms with Crippen LogP contribution in [0.1, 0.15) is 25.7 Å². The van der Waals surface area contributed by atoms with E-state index >= 15 is 0 Å². The number of sulfonamides is 1. The van der Waals surface area contributed by atoms with Crippen molar-refractivity contribution in [3.05, 3.63) is 12.7 Å². The molecule has 1 aliphatic heterocycles. The molecule has 7 nitrogen and oxygen atoms in total. The number of hydrogen-bond acceptors (Lipinski definition) is 5. The fraction of sp³-hybridized carbons (Fsp3) is 0.818. The number of piperidine rings is 1. The number of nitrogens with zero attached hydrogens (tertiary/aromatic N) is 4. The van der Waals surface area contributed by atoms with Crippen LogP contribution in [0.4, 0.5) is 0 Å². The maximum Gasteiger partial charge on any atom is 0.209 e. The highest BCUT2D eigenvalue weighted by molar-refractivity contribution is 7.89. The molecule has 1 aliphatic rings. The first-order valence-corrected chi connectivity index (χ1v) is 8.33. The van der Waals surface area contributed by atoms with Gasteiger partial charge in [-0.1, -0.05) is 6.42 Å². The summed E-state index contributed by atoms with van der Waals surface area (Å²) in [4.78, 5) is 6.29. The van der Waals surface area contributed by atoms with E-state index in [4.69, 9.17) is 5.14 Å². The summed E-state index contributed by atoms with van der Waals surface area (Å²) < 4.78 is 23.7. The quantitative estimate of drug-likeness (QED) is 0.782. The molecule has 2 N–H and O–H groups in total. The van der Waals surface area contributed by atoms with Crippen molar-refractivity contribution in [3.63, 3.8) is 0 Å². The van der Waals surface area contributed by atoms with E-state index in [0.29, 0.717) is 12.5 Å². The molecule has 8 heteroatoms. The van der Waals surface area contributed by atoms with Gasteiger partial charge in [0, 0.05) is 6.04 Å². The molecule has 2 rings (SSSR count). The predicted octanol–water partition coefficient (Wildman–Crippen LogP) is -0.189. The summed E-state index contributed by atoms with van der Waals surface area (Å²) in [6.07, 6.45) is 7.35. The lowest BCUT2D eigenvalue weighted by Gasteiger charge is -2.35. The van der Waals surface area contributed by atoms with Crippen LogP contribution >= 0.6 is 0 Å². The molecule has 1 atom stereocenters. The predicted molar refractivity (Wildman–Crippen MR) is 71.8 cm³/mol. The molecule has 0 aliphatic carbocycles. The molecule has 1 saturated heterocycles. The van der Waals surface area contributed by atoms with Gasteiger partial charge in [-0.25, -0.2) is 18.5 Å². The van der Waals surface area contributed by atoms with Crippen LogP contribution in [0.3, 0.4) is 0 Å². The summed E-state index contributed by atoms with van der Waals surface area (Å²) in [5, 5.41) is 9.15. The van der Waals surface area contributed by atoms with E-state index in [2.05, 4.69) is 15.0 Å². The molecule has 19 heavy (non-hydrogen) atoms. The van der Waals surface area contributed by atoms with E-state index in [-0.39, 0.29) is 5.75 Å². The van der Waals surface area contributed by atoms with E-state index in [1.165, 1.54) is 19.2 Å². The number of primary sulfonamides is 1. The Morgan fingerprint density at radius 2 is 2.21 bits per heavy atom. The summed E-state index contributed by atoms with van der Waals surface area (Å²) in [5.74, 6) is 0.0551. The Kier molecular flexibility index (Phi) is 4.89. The first-order chi connectivity index (χ1) is 9.04. The maximum absolute atomic E-state index is 10.9. The van der Waals surface area contributed by atoms with Gasteiger partial charge in [0.25, 0.3) is 0 Å². The van der Waals surface area contributed by atoms with Gasteiger partial charge in [-0.15, -0.1) is 0 Å². The SMILES string of the molecule is NS(=O)(=O)CCCN1CCCC[C@H]1Cn1cncn1. The van der Waals surface area contributed by atoms with Crippen molar-refractivity contribution in [1.29, 1.82) is 0 Å². The van der Waals surface area contributed by atoms with Crippen LogP contribution in [-0.4, -0.2) is 53.0 Å². The van der Waals surface area contributed by atoms with E-state index < -0.39 is 10.0 Å². The molecule has 0 radical (unpaired) electrons. The highest BCUT2D eigenvalue weighted by Gasteiger charge is 2.22. The molecule has 0 unspecified atom stereocenters. The van der Waals surface area contributed by atoms with E-state index in [9.17, 15) is 8.42 Å². The fourth-order valence-corrected chi connectivity index (χ4v) is 3.10. The highest BCUT2D eigenvalue weighted by Crippen LogP contribution is 2.18. The van der Waals surface area contributed by atoms with Gasteiger partial charge in [0.15, 0.2) is 0 Å². The summed E-state index contributed by atoms with van der Waals surface area (Å²) in [5.41, 5.74) is 0. The van der Waals surface area contributed by atoms with Gasteiger partial charge in [-0.2, -0.15) is 5.10 Å². The number of likely N-dealkylation sites (tertiary alicyclic amines) is 1.